The van der Waals surface area contributed by atoms with Crippen molar-refractivity contribution in [2.24, 2.45) is 0 Å². The third kappa shape index (κ3) is 5.09. The Hall–Kier alpha value is -4.47. The van der Waals surface area contributed by atoms with Crippen LogP contribution >= 0.6 is 0 Å². The number of urea groups is 1. The van der Waals surface area contributed by atoms with E-state index < -0.39 is 12.1 Å². The second-order valence-electron chi connectivity index (χ2n) is 10.3. The van der Waals surface area contributed by atoms with Gasteiger partial charge < -0.3 is 14.5 Å². The molecule has 10 nitrogen and oxygen atoms in total. The number of nitrogens with zero attached hydrogens (tertiary/aromatic N) is 6. The number of anilines is 2. The zero-order chi connectivity index (χ0) is 28.6. The first-order valence-corrected chi connectivity index (χ1v) is 13.4. The first-order valence-electron chi connectivity index (χ1n) is 13.4. The monoisotopic (exact) mass is 542 g/mol. The molecule has 2 aliphatic heterocycles. The molecule has 0 bridgehead atoms. The number of carbonyl (C=O) groups excluding carboxylic acids is 3. The minimum atomic E-state index is -0.699. The fraction of sp³-hybridized carbons (Fsp3) is 0.367. The van der Waals surface area contributed by atoms with Crippen LogP contribution in [0.3, 0.4) is 0 Å². The van der Waals surface area contributed by atoms with Crippen molar-refractivity contribution >= 4 is 29.5 Å². The summed E-state index contributed by atoms with van der Waals surface area (Å²) in [6, 6.07) is 11.5. The van der Waals surface area contributed by atoms with Crippen molar-refractivity contribution in [3.63, 3.8) is 0 Å². The third-order valence-electron chi connectivity index (χ3n) is 7.69. The quantitative estimate of drug-likeness (QED) is 0.438. The number of rotatable bonds is 6. The van der Waals surface area contributed by atoms with Gasteiger partial charge in [-0.05, 0) is 68.7 Å². The van der Waals surface area contributed by atoms with Gasteiger partial charge in [0.1, 0.15) is 23.4 Å². The summed E-state index contributed by atoms with van der Waals surface area (Å²) < 4.78 is 5.18. The number of hydrogen-bond acceptors (Lipinski definition) is 7. The summed E-state index contributed by atoms with van der Waals surface area (Å²) in [6.07, 6.45) is 1.48. The Labute approximate surface area is 234 Å². The fourth-order valence-electron chi connectivity index (χ4n) is 5.19. The Morgan fingerprint density at radius 3 is 2.30 bits per heavy atom. The van der Waals surface area contributed by atoms with Gasteiger partial charge in [-0.25, -0.2) is 14.8 Å². The zero-order valence-electron chi connectivity index (χ0n) is 23.5. The van der Waals surface area contributed by atoms with Crippen molar-refractivity contribution in [1.82, 2.24) is 19.8 Å². The molecule has 0 saturated carbocycles. The molecule has 0 spiro atoms. The molecule has 1 atom stereocenters. The lowest BCUT2D eigenvalue weighted by molar-refractivity contribution is -0.127. The van der Waals surface area contributed by atoms with Crippen LogP contribution in [0.15, 0.2) is 48.7 Å². The highest BCUT2D eigenvalue weighted by Gasteiger charge is 2.44. The molecule has 0 N–H and O–H groups in total. The molecule has 208 valence electrons. The van der Waals surface area contributed by atoms with Gasteiger partial charge in [0.2, 0.25) is 0 Å². The minimum Gasteiger partial charge on any atom is -0.497 e. The van der Waals surface area contributed by atoms with E-state index in [0.29, 0.717) is 43.3 Å². The van der Waals surface area contributed by atoms with Gasteiger partial charge in [-0.2, -0.15) is 0 Å². The lowest BCUT2D eigenvalue weighted by Crippen LogP contribution is -2.49. The van der Waals surface area contributed by atoms with Crippen LogP contribution in [0, 0.1) is 20.8 Å². The van der Waals surface area contributed by atoms with E-state index in [-0.39, 0.29) is 18.4 Å². The van der Waals surface area contributed by atoms with Gasteiger partial charge in [-0.3, -0.25) is 19.4 Å². The molecular formula is C30H34N6O4. The summed E-state index contributed by atoms with van der Waals surface area (Å²) in [7, 11) is 1.58. The van der Waals surface area contributed by atoms with E-state index in [9.17, 15) is 14.4 Å². The molecule has 4 heterocycles. The normalized spacial score (nSPS) is 17.6. The number of methoxy groups -OCH3 is 1. The molecule has 2 saturated heterocycles. The van der Waals surface area contributed by atoms with Crippen molar-refractivity contribution in [3.8, 4) is 5.75 Å². The van der Waals surface area contributed by atoms with Gasteiger partial charge in [-0.1, -0.05) is 18.2 Å². The first kappa shape index (κ1) is 27.1. The Bertz CT molecular complexity index is 1430. The van der Waals surface area contributed by atoms with E-state index in [2.05, 4.69) is 29.8 Å². The number of imide groups is 1. The van der Waals surface area contributed by atoms with E-state index in [1.54, 1.807) is 38.3 Å². The number of aryl methyl sites for hydroxylation is 3. The maximum atomic E-state index is 13.2. The topological polar surface area (TPSA) is 99.2 Å². The van der Waals surface area contributed by atoms with Crippen molar-refractivity contribution in [1.29, 1.82) is 0 Å². The van der Waals surface area contributed by atoms with Crippen molar-refractivity contribution in [2.75, 3.05) is 43.1 Å². The van der Waals surface area contributed by atoms with Crippen LogP contribution in [0.5, 0.6) is 5.75 Å². The molecule has 10 heteroatoms. The molecule has 40 heavy (non-hydrogen) atoms. The van der Waals surface area contributed by atoms with E-state index in [4.69, 9.17) is 9.72 Å². The third-order valence-corrected chi connectivity index (χ3v) is 7.69. The van der Waals surface area contributed by atoms with E-state index in [0.717, 1.165) is 22.6 Å². The number of aromatic nitrogens is 2. The summed E-state index contributed by atoms with van der Waals surface area (Å²) in [6.45, 7) is 10.5. The predicted octanol–water partition coefficient (Wildman–Crippen LogP) is 3.73. The standard InChI is InChI=1S/C30H34N6O4/c1-19-16-20(2)27(32-21(19)3)33-12-14-34(15-13-33)29(38)24-8-11-26(31-17-24)36-22(4)28(37)35(30(36)39)18-23-6-9-25(40-5)10-7-23/h6-11,16-17,22H,12-15,18H2,1-5H3. The van der Waals surface area contributed by atoms with Gasteiger partial charge in [0.15, 0.2) is 0 Å². The Balaban J connectivity index is 1.23. The van der Waals surface area contributed by atoms with Crippen LogP contribution in [0.25, 0.3) is 0 Å². The Morgan fingerprint density at radius 1 is 0.975 bits per heavy atom. The van der Waals surface area contributed by atoms with Gasteiger partial charge in [0.05, 0.1) is 19.2 Å². The number of hydrogen-bond donors (Lipinski definition) is 0. The van der Waals surface area contributed by atoms with Crippen LogP contribution in [-0.4, -0.2) is 76.9 Å². The number of benzene rings is 1. The van der Waals surface area contributed by atoms with Crippen LogP contribution in [0.4, 0.5) is 16.4 Å². The summed E-state index contributed by atoms with van der Waals surface area (Å²) in [5.74, 6) is 1.60. The van der Waals surface area contributed by atoms with Gasteiger partial charge in [0.25, 0.3) is 11.8 Å². The second kappa shape index (κ2) is 11.0. The molecule has 3 aromatic rings. The number of piperazine rings is 1. The van der Waals surface area contributed by atoms with Crippen LogP contribution in [0.2, 0.25) is 0 Å². The van der Waals surface area contributed by atoms with Crippen molar-refractivity contribution in [2.45, 2.75) is 40.3 Å². The smallest absolute Gasteiger partial charge is 0.333 e. The summed E-state index contributed by atoms with van der Waals surface area (Å²) in [4.78, 5) is 55.2. The van der Waals surface area contributed by atoms with E-state index in [1.807, 2.05) is 24.0 Å². The molecule has 0 aliphatic carbocycles. The number of ether oxygens (including phenoxy) is 1. The lowest BCUT2D eigenvalue weighted by atomic mass is 10.1. The predicted molar refractivity (Wildman–Crippen MR) is 152 cm³/mol. The molecule has 5 rings (SSSR count). The molecule has 2 fully saturated rings. The summed E-state index contributed by atoms with van der Waals surface area (Å²) >= 11 is 0. The van der Waals surface area contributed by atoms with Gasteiger partial charge in [-0.15, -0.1) is 0 Å². The molecule has 2 aliphatic rings. The van der Waals surface area contributed by atoms with Crippen molar-refractivity contribution in [3.05, 3.63) is 76.6 Å². The number of amides is 4. The number of carbonyl (C=O) groups is 3. The Kier molecular flexibility index (Phi) is 7.42. The minimum absolute atomic E-state index is 0.110. The molecule has 4 amide bonds. The molecule has 1 unspecified atom stereocenters. The molecule has 0 radical (unpaired) electrons. The average Bonchev–Trinajstić information content (AvgIpc) is 3.18. The highest BCUT2D eigenvalue weighted by molar-refractivity contribution is 6.13. The SMILES string of the molecule is COc1ccc(CN2C(=O)C(C)N(c3ccc(C(=O)N4CCN(c5nc(C)c(C)cc5C)CC4)cn3)C2=O)cc1. The summed E-state index contributed by atoms with van der Waals surface area (Å²) in [5.41, 5.74) is 4.58. The highest BCUT2D eigenvalue weighted by atomic mass is 16.5. The Morgan fingerprint density at radius 2 is 1.68 bits per heavy atom. The fourth-order valence-corrected chi connectivity index (χ4v) is 5.19. The van der Waals surface area contributed by atoms with E-state index in [1.165, 1.54) is 21.6 Å². The molecule has 1 aromatic carbocycles. The maximum Gasteiger partial charge on any atom is 0.333 e. The lowest BCUT2D eigenvalue weighted by Gasteiger charge is -2.36. The zero-order valence-corrected chi connectivity index (χ0v) is 23.5. The number of pyridine rings is 2. The maximum absolute atomic E-state index is 13.2. The van der Waals surface area contributed by atoms with Gasteiger partial charge in [0, 0.05) is 38.1 Å². The van der Waals surface area contributed by atoms with Crippen LogP contribution in [0.1, 0.15) is 39.7 Å². The molecular weight excluding hydrogens is 508 g/mol. The van der Waals surface area contributed by atoms with Crippen LogP contribution in [-0.2, 0) is 11.3 Å². The van der Waals surface area contributed by atoms with E-state index >= 15 is 0 Å². The van der Waals surface area contributed by atoms with Gasteiger partial charge >= 0.3 is 6.03 Å². The second-order valence-corrected chi connectivity index (χ2v) is 10.3. The summed E-state index contributed by atoms with van der Waals surface area (Å²) in [5, 5.41) is 0. The highest BCUT2D eigenvalue weighted by Crippen LogP contribution is 2.27. The first-order chi connectivity index (χ1) is 19.2. The largest absolute Gasteiger partial charge is 0.497 e. The molecule has 2 aromatic heterocycles. The average molecular weight is 543 g/mol. The van der Waals surface area contributed by atoms with Crippen LogP contribution < -0.4 is 14.5 Å². The van der Waals surface area contributed by atoms with Crippen molar-refractivity contribution < 1.29 is 19.1 Å².